The van der Waals surface area contributed by atoms with Crippen LogP contribution in [0.4, 0.5) is 0 Å². The van der Waals surface area contributed by atoms with Crippen LogP contribution in [-0.2, 0) is 16.1 Å². The Kier molecular flexibility index (Phi) is 7.58. The second-order valence-corrected chi connectivity index (χ2v) is 5.14. The van der Waals surface area contributed by atoms with Crippen LogP contribution in [0.2, 0.25) is 0 Å². The van der Waals surface area contributed by atoms with Crippen molar-refractivity contribution in [3.63, 3.8) is 0 Å². The summed E-state index contributed by atoms with van der Waals surface area (Å²) >= 11 is 3.41. The number of rotatable bonds is 9. The molecule has 0 heterocycles. The molecule has 2 N–H and O–H groups in total. The van der Waals surface area contributed by atoms with Gasteiger partial charge in [0.2, 0.25) is 0 Å². The maximum Gasteiger partial charge on any atom is 0.344 e. The van der Waals surface area contributed by atoms with Gasteiger partial charge in [-0.15, -0.1) is 0 Å². The van der Waals surface area contributed by atoms with Crippen molar-refractivity contribution in [1.29, 1.82) is 0 Å². The number of carbonyl (C=O) groups is 1. The minimum absolute atomic E-state index is 0.419. The molecule has 1 rings (SSSR count). The number of methoxy groups -OCH3 is 1. The quantitative estimate of drug-likeness (QED) is 0.672. The summed E-state index contributed by atoms with van der Waals surface area (Å²) in [5, 5.41) is 12.2. The van der Waals surface area contributed by atoms with E-state index in [1.807, 2.05) is 12.1 Å². The lowest BCUT2D eigenvalue weighted by molar-refractivity contribution is -0.145. The lowest BCUT2D eigenvalue weighted by Crippen LogP contribution is -2.26. The Hall–Kier alpha value is -1.11. The van der Waals surface area contributed by atoms with Gasteiger partial charge in [0.25, 0.3) is 0 Å². The van der Waals surface area contributed by atoms with E-state index in [4.69, 9.17) is 14.6 Å². The zero-order valence-corrected chi connectivity index (χ0v) is 13.3. The molecule has 0 saturated heterocycles. The molecule has 20 heavy (non-hydrogen) atoms. The summed E-state index contributed by atoms with van der Waals surface area (Å²) < 4.78 is 11.2. The van der Waals surface area contributed by atoms with Gasteiger partial charge in [0.05, 0.1) is 11.1 Å². The molecule has 1 atom stereocenters. The molecule has 0 aliphatic carbocycles. The van der Waals surface area contributed by atoms with Gasteiger partial charge in [0.1, 0.15) is 5.75 Å². The van der Waals surface area contributed by atoms with Crippen LogP contribution in [0, 0.1) is 0 Å². The third-order valence-corrected chi connectivity index (χ3v) is 3.34. The summed E-state index contributed by atoms with van der Waals surface area (Å²) in [6, 6.07) is 5.61. The average molecular weight is 346 g/mol. The van der Waals surface area contributed by atoms with Crippen molar-refractivity contribution >= 4 is 21.9 Å². The third-order valence-electron chi connectivity index (χ3n) is 2.72. The standard InChI is InChI=1S/C14H20BrNO4/c1-3-12(14(17)18)20-13-5-4-10(8-11(13)15)9-16-6-7-19-2/h4-5,8,12,16H,3,6-7,9H2,1-2H3,(H,17,18). The van der Waals surface area contributed by atoms with E-state index in [1.165, 1.54) is 0 Å². The molecule has 0 aliphatic rings. The van der Waals surface area contributed by atoms with E-state index >= 15 is 0 Å². The number of halogens is 1. The number of benzene rings is 1. The number of carboxylic acid groups (broad SMARTS) is 1. The number of carboxylic acids is 1. The summed E-state index contributed by atoms with van der Waals surface area (Å²) in [4.78, 5) is 11.0. The van der Waals surface area contributed by atoms with E-state index in [0.717, 1.165) is 23.1 Å². The first kappa shape index (κ1) is 16.9. The Morgan fingerprint density at radius 2 is 2.25 bits per heavy atom. The molecule has 0 fully saturated rings. The predicted octanol–water partition coefficient (Wildman–Crippen LogP) is 2.43. The molecule has 0 aliphatic heterocycles. The number of aliphatic carboxylic acids is 1. The fourth-order valence-corrected chi connectivity index (χ4v) is 2.14. The van der Waals surface area contributed by atoms with Gasteiger partial charge in [-0.05, 0) is 40.0 Å². The summed E-state index contributed by atoms with van der Waals surface area (Å²) in [5.41, 5.74) is 1.09. The molecule has 6 heteroatoms. The maximum absolute atomic E-state index is 11.0. The second kappa shape index (κ2) is 8.94. The van der Waals surface area contributed by atoms with Gasteiger partial charge < -0.3 is 19.9 Å². The van der Waals surface area contributed by atoms with Crippen molar-refractivity contribution in [3.05, 3.63) is 28.2 Å². The van der Waals surface area contributed by atoms with Crippen LogP contribution in [0.3, 0.4) is 0 Å². The fourth-order valence-electron chi connectivity index (χ4n) is 1.62. The number of nitrogens with one attached hydrogen (secondary N) is 1. The summed E-state index contributed by atoms with van der Waals surface area (Å²) in [5.74, 6) is -0.412. The number of ether oxygens (including phenoxy) is 2. The van der Waals surface area contributed by atoms with Crippen molar-refractivity contribution in [2.24, 2.45) is 0 Å². The molecular formula is C14H20BrNO4. The lowest BCUT2D eigenvalue weighted by Gasteiger charge is -2.15. The summed E-state index contributed by atoms with van der Waals surface area (Å²) in [6.45, 7) is 3.95. The van der Waals surface area contributed by atoms with Crippen molar-refractivity contribution in [3.8, 4) is 5.75 Å². The highest BCUT2D eigenvalue weighted by Crippen LogP contribution is 2.27. The lowest BCUT2D eigenvalue weighted by atomic mass is 10.2. The molecule has 0 spiro atoms. The molecule has 112 valence electrons. The van der Waals surface area contributed by atoms with Gasteiger partial charge in [-0.1, -0.05) is 13.0 Å². The van der Waals surface area contributed by atoms with E-state index < -0.39 is 12.1 Å². The molecule has 0 bridgehead atoms. The first-order valence-corrected chi connectivity index (χ1v) is 7.25. The Morgan fingerprint density at radius 3 is 2.80 bits per heavy atom. The first-order valence-electron chi connectivity index (χ1n) is 6.46. The van der Waals surface area contributed by atoms with Crippen LogP contribution in [0.1, 0.15) is 18.9 Å². The van der Waals surface area contributed by atoms with Crippen molar-refractivity contribution < 1.29 is 19.4 Å². The van der Waals surface area contributed by atoms with Gasteiger partial charge in [-0.3, -0.25) is 0 Å². The number of hydrogen-bond acceptors (Lipinski definition) is 4. The average Bonchev–Trinajstić information content (AvgIpc) is 2.42. The molecule has 0 aromatic heterocycles. The van der Waals surface area contributed by atoms with E-state index in [2.05, 4.69) is 21.2 Å². The fraction of sp³-hybridized carbons (Fsp3) is 0.500. The highest BCUT2D eigenvalue weighted by atomic mass is 79.9. The molecule has 0 saturated carbocycles. The Bertz CT molecular complexity index is 439. The Labute approximate surface area is 127 Å². The minimum Gasteiger partial charge on any atom is -0.479 e. The zero-order valence-electron chi connectivity index (χ0n) is 11.7. The molecule has 5 nitrogen and oxygen atoms in total. The predicted molar refractivity (Wildman–Crippen MR) is 80.1 cm³/mol. The van der Waals surface area contributed by atoms with Crippen LogP contribution >= 0.6 is 15.9 Å². The molecular weight excluding hydrogens is 326 g/mol. The maximum atomic E-state index is 11.0. The molecule has 1 unspecified atom stereocenters. The highest BCUT2D eigenvalue weighted by Gasteiger charge is 2.18. The summed E-state index contributed by atoms with van der Waals surface area (Å²) in [6.07, 6.45) is -0.403. The van der Waals surface area contributed by atoms with E-state index in [9.17, 15) is 4.79 Å². The van der Waals surface area contributed by atoms with Gasteiger partial charge >= 0.3 is 5.97 Å². The molecule has 0 amide bonds. The second-order valence-electron chi connectivity index (χ2n) is 4.29. The monoisotopic (exact) mass is 345 g/mol. The van der Waals surface area contributed by atoms with Crippen LogP contribution in [0.15, 0.2) is 22.7 Å². The number of hydrogen-bond donors (Lipinski definition) is 2. The molecule has 1 aromatic carbocycles. The van der Waals surface area contributed by atoms with Crippen molar-refractivity contribution in [1.82, 2.24) is 5.32 Å². The van der Waals surface area contributed by atoms with Crippen molar-refractivity contribution in [2.45, 2.75) is 26.0 Å². The smallest absolute Gasteiger partial charge is 0.344 e. The van der Waals surface area contributed by atoms with Gasteiger partial charge in [-0.2, -0.15) is 0 Å². The first-order chi connectivity index (χ1) is 9.58. The molecule has 0 radical (unpaired) electrons. The van der Waals surface area contributed by atoms with Gasteiger partial charge in [0.15, 0.2) is 6.10 Å². The topological polar surface area (TPSA) is 67.8 Å². The van der Waals surface area contributed by atoms with E-state index in [0.29, 0.717) is 18.8 Å². The molecule has 1 aromatic rings. The van der Waals surface area contributed by atoms with Crippen molar-refractivity contribution in [2.75, 3.05) is 20.3 Å². The largest absolute Gasteiger partial charge is 0.479 e. The van der Waals surface area contributed by atoms with Gasteiger partial charge in [-0.25, -0.2) is 4.79 Å². The Balaban J connectivity index is 2.61. The minimum atomic E-state index is -0.954. The highest BCUT2D eigenvalue weighted by molar-refractivity contribution is 9.10. The van der Waals surface area contributed by atoms with E-state index in [-0.39, 0.29) is 0 Å². The SMILES string of the molecule is CCC(Oc1ccc(CNCCOC)cc1Br)C(=O)O. The summed E-state index contributed by atoms with van der Waals surface area (Å²) in [7, 11) is 1.66. The van der Waals surface area contributed by atoms with Crippen LogP contribution in [-0.4, -0.2) is 37.4 Å². The zero-order chi connectivity index (χ0) is 15.0. The Morgan fingerprint density at radius 1 is 1.50 bits per heavy atom. The van der Waals surface area contributed by atoms with Gasteiger partial charge in [0, 0.05) is 20.2 Å². The van der Waals surface area contributed by atoms with Crippen LogP contribution < -0.4 is 10.1 Å². The third kappa shape index (κ3) is 5.48. The normalized spacial score (nSPS) is 12.2. The van der Waals surface area contributed by atoms with E-state index in [1.54, 1.807) is 20.1 Å². The van der Waals surface area contributed by atoms with Crippen LogP contribution in [0.5, 0.6) is 5.75 Å². The van der Waals surface area contributed by atoms with Crippen LogP contribution in [0.25, 0.3) is 0 Å².